The molecule has 3 unspecified atom stereocenters. The molecular formula is C27H42O5. The first-order chi connectivity index (χ1) is 15.0. The third kappa shape index (κ3) is 4.52. The molecule has 5 nitrogen and oxygen atoms in total. The quantitative estimate of drug-likeness (QED) is 0.524. The Bertz CT molecular complexity index is 783. The summed E-state index contributed by atoms with van der Waals surface area (Å²) in [6.45, 7) is 10.5. The predicted octanol–water partition coefficient (Wildman–Crippen LogP) is 4.01. The van der Waals surface area contributed by atoms with Gasteiger partial charge in [0, 0.05) is 12.8 Å². The van der Waals surface area contributed by atoms with E-state index in [0.29, 0.717) is 37.0 Å². The lowest BCUT2D eigenvalue weighted by Crippen LogP contribution is -2.36. The maximum absolute atomic E-state index is 10.3. The number of rotatable bonds is 4. The molecular weight excluding hydrogens is 404 g/mol. The minimum atomic E-state index is -1.15. The molecule has 3 aliphatic carbocycles. The minimum absolute atomic E-state index is 0.0869. The molecule has 3 saturated carbocycles. The number of aliphatic hydroxyl groups is 4. The van der Waals surface area contributed by atoms with Crippen molar-refractivity contribution < 1.29 is 25.2 Å². The molecule has 1 aliphatic heterocycles. The first-order valence-corrected chi connectivity index (χ1v) is 12.5. The first-order valence-electron chi connectivity index (χ1n) is 12.5. The number of ether oxygens (including phenoxy) is 1. The van der Waals surface area contributed by atoms with Crippen molar-refractivity contribution in [3.8, 4) is 0 Å². The van der Waals surface area contributed by atoms with Crippen molar-refractivity contribution in [3.63, 3.8) is 0 Å². The highest BCUT2D eigenvalue weighted by atomic mass is 16.6. The molecule has 5 heteroatoms. The van der Waals surface area contributed by atoms with Crippen LogP contribution in [0.1, 0.15) is 78.6 Å². The Hall–Kier alpha value is -0.980. The van der Waals surface area contributed by atoms with Gasteiger partial charge in [-0.25, -0.2) is 0 Å². The van der Waals surface area contributed by atoms with Crippen LogP contribution in [0.3, 0.4) is 0 Å². The smallest absolute Gasteiger partial charge is 0.183 e. The fourth-order valence-electron chi connectivity index (χ4n) is 7.34. The van der Waals surface area contributed by atoms with E-state index in [1.807, 2.05) is 0 Å². The van der Waals surface area contributed by atoms with Gasteiger partial charge in [-0.05, 0) is 86.2 Å². The van der Waals surface area contributed by atoms with Gasteiger partial charge in [0.15, 0.2) is 6.29 Å². The van der Waals surface area contributed by atoms with Gasteiger partial charge in [0.05, 0.1) is 18.3 Å². The van der Waals surface area contributed by atoms with Crippen LogP contribution in [-0.2, 0) is 4.74 Å². The summed E-state index contributed by atoms with van der Waals surface area (Å²) in [5.41, 5.74) is 2.33. The molecule has 32 heavy (non-hydrogen) atoms. The maximum atomic E-state index is 10.3. The fraction of sp³-hybridized carbons (Fsp3) is 0.778. The van der Waals surface area contributed by atoms with Crippen molar-refractivity contribution in [2.24, 2.45) is 23.2 Å². The molecule has 0 spiro atoms. The summed E-state index contributed by atoms with van der Waals surface area (Å²) >= 11 is 0. The standard InChI is InChI=1S/C27H42O5/c1-16(12-21-15-27(4,31)25(30)32-21)22-9-10-23-18(6-5-11-26(22,23)3)7-8-19-13-20(28)14-24(29)17(19)2/h7-8,16,20-25,28-31H,2,5-6,9-15H2,1,3-4H3/b18-7+,19-8-/t16-,20-,21?,22-,23+,24+,25?,26-,27?/m1/s1. The SMILES string of the molecule is C=C1/C(=C\C=C2/CCC[C@]3(C)[C@@H]([C@H](C)CC4CC(C)(O)C(O)O4)CC[C@@H]23)C[C@@H](O)C[C@@H]1O. The van der Waals surface area contributed by atoms with Gasteiger partial charge in [-0.2, -0.15) is 0 Å². The Labute approximate surface area is 192 Å². The van der Waals surface area contributed by atoms with Crippen LogP contribution in [0.5, 0.6) is 0 Å². The molecule has 0 amide bonds. The van der Waals surface area contributed by atoms with Crippen LogP contribution in [0, 0.1) is 23.2 Å². The van der Waals surface area contributed by atoms with Crippen LogP contribution < -0.4 is 0 Å². The summed E-state index contributed by atoms with van der Waals surface area (Å²) in [5, 5.41) is 40.4. The third-order valence-electron chi connectivity index (χ3n) is 9.12. The zero-order valence-corrected chi connectivity index (χ0v) is 20.0. The van der Waals surface area contributed by atoms with E-state index in [-0.39, 0.29) is 11.5 Å². The molecule has 9 atom stereocenters. The van der Waals surface area contributed by atoms with Crippen LogP contribution in [0.15, 0.2) is 35.5 Å². The normalized spacial score (nSPS) is 48.4. The lowest BCUT2D eigenvalue weighted by atomic mass is 9.60. The molecule has 0 bridgehead atoms. The maximum Gasteiger partial charge on any atom is 0.183 e. The zero-order chi connectivity index (χ0) is 23.3. The van der Waals surface area contributed by atoms with E-state index in [0.717, 1.165) is 24.0 Å². The monoisotopic (exact) mass is 446 g/mol. The second kappa shape index (κ2) is 8.99. The summed E-state index contributed by atoms with van der Waals surface area (Å²) in [7, 11) is 0. The molecule has 4 rings (SSSR count). The minimum Gasteiger partial charge on any atom is -0.393 e. The van der Waals surface area contributed by atoms with Gasteiger partial charge >= 0.3 is 0 Å². The Morgan fingerprint density at radius 1 is 1.19 bits per heavy atom. The Kier molecular flexibility index (Phi) is 6.79. The molecule has 4 N–H and O–H groups in total. The Morgan fingerprint density at radius 3 is 2.62 bits per heavy atom. The van der Waals surface area contributed by atoms with Gasteiger partial charge in [0.1, 0.15) is 5.60 Å². The number of allylic oxidation sites excluding steroid dienone is 3. The molecule has 0 aromatic heterocycles. The van der Waals surface area contributed by atoms with Gasteiger partial charge < -0.3 is 25.2 Å². The summed E-state index contributed by atoms with van der Waals surface area (Å²) in [6.07, 6.45) is 10.3. The summed E-state index contributed by atoms with van der Waals surface area (Å²) in [6, 6.07) is 0. The second-order valence-electron chi connectivity index (χ2n) is 11.5. The largest absolute Gasteiger partial charge is 0.393 e. The second-order valence-corrected chi connectivity index (χ2v) is 11.5. The van der Waals surface area contributed by atoms with Gasteiger partial charge in [0.25, 0.3) is 0 Å². The van der Waals surface area contributed by atoms with Crippen LogP contribution in [0.4, 0.5) is 0 Å². The lowest BCUT2D eigenvalue weighted by molar-refractivity contribution is -0.163. The summed E-state index contributed by atoms with van der Waals surface area (Å²) < 4.78 is 5.67. The number of aliphatic hydroxyl groups excluding tert-OH is 3. The number of fused-ring (bicyclic) bond motifs is 1. The van der Waals surface area contributed by atoms with E-state index < -0.39 is 24.1 Å². The molecule has 0 aromatic rings. The van der Waals surface area contributed by atoms with Crippen molar-refractivity contribution in [1.82, 2.24) is 0 Å². The first kappa shape index (κ1) is 24.2. The van der Waals surface area contributed by atoms with Crippen molar-refractivity contribution in [1.29, 1.82) is 0 Å². The van der Waals surface area contributed by atoms with Gasteiger partial charge in [-0.15, -0.1) is 0 Å². The van der Waals surface area contributed by atoms with Crippen molar-refractivity contribution in [2.45, 2.75) is 109 Å². The lowest BCUT2D eigenvalue weighted by Gasteiger charge is -2.44. The van der Waals surface area contributed by atoms with E-state index in [1.54, 1.807) is 6.92 Å². The van der Waals surface area contributed by atoms with E-state index in [2.05, 4.69) is 32.6 Å². The molecule has 1 heterocycles. The van der Waals surface area contributed by atoms with E-state index >= 15 is 0 Å². The molecule has 4 aliphatic rings. The van der Waals surface area contributed by atoms with Crippen LogP contribution >= 0.6 is 0 Å². The fourth-order valence-corrected chi connectivity index (χ4v) is 7.34. The molecule has 0 aromatic carbocycles. The number of hydrogen-bond donors (Lipinski definition) is 4. The predicted molar refractivity (Wildman–Crippen MR) is 125 cm³/mol. The van der Waals surface area contributed by atoms with Gasteiger partial charge in [0.2, 0.25) is 0 Å². The highest BCUT2D eigenvalue weighted by Gasteiger charge is 2.52. The van der Waals surface area contributed by atoms with Crippen molar-refractivity contribution >= 4 is 0 Å². The van der Waals surface area contributed by atoms with Gasteiger partial charge in [-0.1, -0.05) is 38.2 Å². The highest BCUT2D eigenvalue weighted by molar-refractivity contribution is 5.38. The summed E-state index contributed by atoms with van der Waals surface area (Å²) in [5.74, 6) is 1.63. The van der Waals surface area contributed by atoms with Crippen LogP contribution in [0.2, 0.25) is 0 Å². The highest BCUT2D eigenvalue weighted by Crippen LogP contribution is 2.60. The number of hydrogen-bond acceptors (Lipinski definition) is 5. The molecule has 4 fully saturated rings. The van der Waals surface area contributed by atoms with Crippen molar-refractivity contribution in [2.75, 3.05) is 0 Å². The van der Waals surface area contributed by atoms with Gasteiger partial charge in [-0.3, -0.25) is 0 Å². The van der Waals surface area contributed by atoms with E-state index in [4.69, 9.17) is 4.74 Å². The van der Waals surface area contributed by atoms with E-state index in [9.17, 15) is 20.4 Å². The third-order valence-corrected chi connectivity index (χ3v) is 9.12. The average molecular weight is 447 g/mol. The topological polar surface area (TPSA) is 90.2 Å². The molecule has 0 radical (unpaired) electrons. The van der Waals surface area contributed by atoms with Crippen LogP contribution in [-0.4, -0.2) is 50.6 Å². The van der Waals surface area contributed by atoms with E-state index in [1.165, 1.54) is 31.3 Å². The average Bonchev–Trinajstić information content (AvgIpc) is 3.18. The molecule has 180 valence electrons. The Morgan fingerprint density at radius 2 is 1.94 bits per heavy atom. The van der Waals surface area contributed by atoms with Crippen LogP contribution in [0.25, 0.3) is 0 Å². The Balaban J connectivity index is 1.46. The van der Waals surface area contributed by atoms with Crippen molar-refractivity contribution in [3.05, 3.63) is 35.5 Å². The summed E-state index contributed by atoms with van der Waals surface area (Å²) in [4.78, 5) is 0. The zero-order valence-electron chi connectivity index (χ0n) is 20.0. The molecule has 1 saturated heterocycles.